The molecular weight excluding hydrogens is 374 g/mol. The second kappa shape index (κ2) is 9.03. The average Bonchev–Trinajstić information content (AvgIpc) is 3.46. The Balaban J connectivity index is 1.40. The molecule has 146 valence electrons. The molecule has 1 aliphatic heterocycles. The topological polar surface area (TPSA) is 67.6 Å². The third-order valence-corrected chi connectivity index (χ3v) is 5.56. The summed E-state index contributed by atoms with van der Waals surface area (Å²) in [6.45, 7) is 1.70. The summed E-state index contributed by atoms with van der Waals surface area (Å²) < 4.78 is 11.1. The Hall–Kier alpha value is -2.64. The lowest BCUT2D eigenvalue weighted by Crippen LogP contribution is -2.39. The molecule has 0 aliphatic carbocycles. The van der Waals surface area contributed by atoms with Crippen molar-refractivity contribution in [3.63, 3.8) is 0 Å². The second-order valence-electron chi connectivity index (χ2n) is 6.82. The van der Waals surface area contributed by atoms with Crippen molar-refractivity contribution in [2.75, 3.05) is 18.5 Å². The fourth-order valence-electron chi connectivity index (χ4n) is 3.26. The minimum Gasteiger partial charge on any atom is -0.467 e. The first kappa shape index (κ1) is 18.7. The van der Waals surface area contributed by atoms with Crippen LogP contribution in [0.5, 0.6) is 0 Å². The van der Waals surface area contributed by atoms with Gasteiger partial charge in [0.15, 0.2) is 5.13 Å². The predicted octanol–water partition coefficient (Wildman–Crippen LogP) is 4.54. The van der Waals surface area contributed by atoms with Crippen LogP contribution in [0.25, 0.3) is 0 Å². The number of ether oxygens (including phenoxy) is 1. The third-order valence-electron chi connectivity index (χ3n) is 4.65. The molecule has 1 atom stereocenters. The molecule has 7 heteroatoms. The lowest BCUT2D eigenvalue weighted by molar-refractivity contribution is 0.0803. The smallest absolute Gasteiger partial charge is 0.324 e. The number of rotatable bonds is 7. The quantitative estimate of drug-likeness (QED) is 0.636. The van der Waals surface area contributed by atoms with Crippen LogP contribution in [0.3, 0.4) is 0 Å². The zero-order valence-corrected chi connectivity index (χ0v) is 16.4. The summed E-state index contributed by atoms with van der Waals surface area (Å²) in [5, 5.41) is 3.54. The molecule has 28 heavy (non-hydrogen) atoms. The van der Waals surface area contributed by atoms with Crippen molar-refractivity contribution < 1.29 is 13.9 Å². The first-order chi connectivity index (χ1) is 13.8. The molecule has 2 amide bonds. The maximum atomic E-state index is 12.9. The molecule has 0 spiro atoms. The Morgan fingerprint density at radius 2 is 2.14 bits per heavy atom. The van der Waals surface area contributed by atoms with Crippen molar-refractivity contribution in [3.05, 3.63) is 71.1 Å². The van der Waals surface area contributed by atoms with E-state index in [4.69, 9.17) is 9.15 Å². The standard InChI is InChI=1S/C21H23N3O3S/c25-21(23-20-22-13-19(28-20)12-16-6-2-1-3-7-16)24(14-17-8-4-10-26-17)15-18-9-5-11-27-18/h1-4,6-8,10,13,18H,5,9,11-12,14-15H2,(H,22,23,25). The van der Waals surface area contributed by atoms with Crippen LogP contribution in [0.1, 0.15) is 29.0 Å². The average molecular weight is 398 g/mol. The van der Waals surface area contributed by atoms with Gasteiger partial charge in [-0.25, -0.2) is 9.78 Å². The summed E-state index contributed by atoms with van der Waals surface area (Å²) in [6, 6.07) is 13.7. The molecule has 1 fully saturated rings. The number of hydrogen-bond donors (Lipinski definition) is 1. The van der Waals surface area contributed by atoms with Gasteiger partial charge in [0.1, 0.15) is 5.76 Å². The molecule has 1 aromatic carbocycles. The number of aromatic nitrogens is 1. The molecule has 0 bridgehead atoms. The van der Waals surface area contributed by atoms with Crippen molar-refractivity contribution in [1.29, 1.82) is 0 Å². The molecule has 4 rings (SSSR count). The van der Waals surface area contributed by atoms with Gasteiger partial charge < -0.3 is 14.1 Å². The number of thiazole rings is 1. The molecule has 3 heterocycles. The minimum atomic E-state index is -0.187. The van der Waals surface area contributed by atoms with E-state index in [1.54, 1.807) is 11.2 Å². The van der Waals surface area contributed by atoms with E-state index in [9.17, 15) is 4.79 Å². The Kier molecular flexibility index (Phi) is 6.04. The van der Waals surface area contributed by atoms with E-state index in [0.717, 1.165) is 36.5 Å². The Bertz CT molecular complexity index is 873. The molecule has 2 aromatic heterocycles. The molecule has 3 aromatic rings. The van der Waals surface area contributed by atoms with Gasteiger partial charge in [-0.3, -0.25) is 5.32 Å². The molecule has 0 radical (unpaired) electrons. The number of urea groups is 1. The van der Waals surface area contributed by atoms with E-state index in [1.165, 1.54) is 16.9 Å². The first-order valence-electron chi connectivity index (χ1n) is 9.45. The highest BCUT2D eigenvalue weighted by Gasteiger charge is 2.24. The van der Waals surface area contributed by atoms with Crippen LogP contribution < -0.4 is 5.32 Å². The number of benzene rings is 1. The Morgan fingerprint density at radius 3 is 2.89 bits per heavy atom. The molecule has 1 N–H and O–H groups in total. The highest BCUT2D eigenvalue weighted by Crippen LogP contribution is 2.22. The van der Waals surface area contributed by atoms with Crippen molar-refractivity contribution in [3.8, 4) is 0 Å². The van der Waals surface area contributed by atoms with Gasteiger partial charge in [-0.1, -0.05) is 30.3 Å². The van der Waals surface area contributed by atoms with Crippen LogP contribution >= 0.6 is 11.3 Å². The highest BCUT2D eigenvalue weighted by atomic mass is 32.1. The number of nitrogens with zero attached hydrogens (tertiary/aromatic N) is 2. The number of carbonyl (C=O) groups excluding carboxylic acids is 1. The van der Waals surface area contributed by atoms with E-state index >= 15 is 0 Å². The van der Waals surface area contributed by atoms with Crippen LogP contribution in [-0.2, 0) is 17.7 Å². The fourth-order valence-corrected chi connectivity index (χ4v) is 4.10. The summed E-state index contributed by atoms with van der Waals surface area (Å²) in [4.78, 5) is 20.1. The van der Waals surface area contributed by atoms with Gasteiger partial charge in [-0.05, 0) is 30.5 Å². The fraction of sp³-hybridized carbons (Fsp3) is 0.333. The molecule has 1 aliphatic rings. The number of hydrogen-bond acceptors (Lipinski definition) is 5. The number of amides is 2. The summed E-state index contributed by atoms with van der Waals surface area (Å²) in [5.41, 5.74) is 1.22. The van der Waals surface area contributed by atoms with Crippen LogP contribution in [0.4, 0.5) is 9.93 Å². The normalized spacial score (nSPS) is 16.2. The number of furan rings is 1. The van der Waals surface area contributed by atoms with Crippen LogP contribution in [-0.4, -0.2) is 35.2 Å². The minimum absolute atomic E-state index is 0.0747. The van der Waals surface area contributed by atoms with Gasteiger partial charge in [0.25, 0.3) is 0 Å². The van der Waals surface area contributed by atoms with Crippen molar-refractivity contribution in [2.24, 2.45) is 0 Å². The number of carbonyl (C=O) groups is 1. The SMILES string of the molecule is O=C(Nc1ncc(Cc2ccccc2)s1)N(Cc1ccco1)CC1CCCO1. The number of nitrogens with one attached hydrogen (secondary N) is 1. The maximum Gasteiger partial charge on any atom is 0.324 e. The van der Waals surface area contributed by atoms with Gasteiger partial charge in [0, 0.05) is 30.6 Å². The van der Waals surface area contributed by atoms with Crippen LogP contribution in [0.15, 0.2) is 59.3 Å². The number of anilines is 1. The van der Waals surface area contributed by atoms with Crippen molar-refractivity contribution in [1.82, 2.24) is 9.88 Å². The van der Waals surface area contributed by atoms with E-state index in [2.05, 4.69) is 22.4 Å². The second-order valence-corrected chi connectivity index (χ2v) is 7.93. The lowest BCUT2D eigenvalue weighted by Gasteiger charge is -2.24. The first-order valence-corrected chi connectivity index (χ1v) is 10.3. The largest absolute Gasteiger partial charge is 0.467 e. The van der Waals surface area contributed by atoms with E-state index in [0.29, 0.717) is 18.2 Å². The zero-order valence-electron chi connectivity index (χ0n) is 15.5. The highest BCUT2D eigenvalue weighted by molar-refractivity contribution is 7.15. The summed E-state index contributed by atoms with van der Waals surface area (Å²) in [6.07, 6.45) is 6.33. The summed E-state index contributed by atoms with van der Waals surface area (Å²) >= 11 is 1.50. The van der Waals surface area contributed by atoms with Gasteiger partial charge in [0.05, 0.1) is 18.9 Å². The Morgan fingerprint density at radius 1 is 1.25 bits per heavy atom. The molecule has 0 saturated carbocycles. The van der Waals surface area contributed by atoms with Gasteiger partial charge in [-0.2, -0.15) is 0 Å². The van der Waals surface area contributed by atoms with Gasteiger partial charge in [0.2, 0.25) is 0 Å². The zero-order chi connectivity index (χ0) is 19.2. The maximum absolute atomic E-state index is 12.9. The van der Waals surface area contributed by atoms with E-state index in [-0.39, 0.29) is 12.1 Å². The molecular formula is C21H23N3O3S. The Labute approximate surface area is 168 Å². The van der Waals surface area contributed by atoms with E-state index < -0.39 is 0 Å². The lowest BCUT2D eigenvalue weighted by atomic mass is 10.1. The van der Waals surface area contributed by atoms with E-state index in [1.807, 2.05) is 36.5 Å². The monoisotopic (exact) mass is 397 g/mol. The molecule has 1 saturated heterocycles. The third kappa shape index (κ3) is 4.99. The molecule has 6 nitrogen and oxygen atoms in total. The van der Waals surface area contributed by atoms with Crippen LogP contribution in [0.2, 0.25) is 0 Å². The van der Waals surface area contributed by atoms with Gasteiger partial charge >= 0.3 is 6.03 Å². The van der Waals surface area contributed by atoms with Crippen molar-refractivity contribution in [2.45, 2.75) is 31.9 Å². The summed E-state index contributed by atoms with van der Waals surface area (Å²) in [5.74, 6) is 0.747. The van der Waals surface area contributed by atoms with Crippen molar-refractivity contribution >= 4 is 22.5 Å². The van der Waals surface area contributed by atoms with Gasteiger partial charge in [-0.15, -0.1) is 11.3 Å². The molecule has 1 unspecified atom stereocenters. The predicted molar refractivity (Wildman–Crippen MR) is 108 cm³/mol. The van der Waals surface area contributed by atoms with Crippen LogP contribution in [0, 0.1) is 0 Å². The summed E-state index contributed by atoms with van der Waals surface area (Å²) in [7, 11) is 0.